The summed E-state index contributed by atoms with van der Waals surface area (Å²) >= 11 is 0. The predicted molar refractivity (Wildman–Crippen MR) is 64.7 cm³/mol. The van der Waals surface area contributed by atoms with E-state index in [4.69, 9.17) is 5.73 Å². The highest BCUT2D eigenvalue weighted by Crippen LogP contribution is 2.48. The van der Waals surface area contributed by atoms with Crippen LogP contribution in [0.1, 0.15) is 25.7 Å². The number of aromatic nitrogens is 2. The first-order valence-corrected chi connectivity index (χ1v) is 6.23. The Hall–Kier alpha value is -1.52. The maximum Gasteiger partial charge on any atom is 0.329 e. The van der Waals surface area contributed by atoms with Crippen molar-refractivity contribution in [3.8, 4) is 0 Å². The molecule has 2 bridgehead atoms. The zero-order valence-electron chi connectivity index (χ0n) is 9.69. The molecule has 0 aliphatic heterocycles. The molecule has 0 aromatic carbocycles. The molecule has 0 amide bonds. The quantitative estimate of drug-likeness (QED) is 0.785. The lowest BCUT2D eigenvalue weighted by molar-refractivity contribution is 0.293. The minimum Gasteiger partial charge on any atom is -0.385 e. The number of nitrogen functional groups attached to an aromatic ring is 1. The first-order chi connectivity index (χ1) is 8.13. The molecule has 2 saturated carbocycles. The Kier molecular flexibility index (Phi) is 2.34. The van der Waals surface area contributed by atoms with Crippen LogP contribution in [0.25, 0.3) is 0 Å². The van der Waals surface area contributed by atoms with Crippen molar-refractivity contribution < 1.29 is 0 Å². The SMILES string of the molecule is Nc1cc(=O)[nH]c(=O)n1CC1CC2CCC1C2. The number of H-pyrrole nitrogens is 1. The second-order valence-corrected chi connectivity index (χ2v) is 5.41. The number of nitrogens with two attached hydrogens (primary N) is 1. The van der Waals surface area contributed by atoms with E-state index in [1.165, 1.54) is 36.3 Å². The van der Waals surface area contributed by atoms with E-state index in [0.717, 1.165) is 11.8 Å². The summed E-state index contributed by atoms with van der Waals surface area (Å²) in [5, 5.41) is 0. The summed E-state index contributed by atoms with van der Waals surface area (Å²) in [6.07, 6.45) is 5.14. The summed E-state index contributed by atoms with van der Waals surface area (Å²) in [5.74, 6) is 2.43. The third-order valence-corrected chi connectivity index (χ3v) is 4.37. The van der Waals surface area contributed by atoms with Crippen LogP contribution >= 0.6 is 0 Å². The molecule has 0 saturated heterocycles. The van der Waals surface area contributed by atoms with Crippen LogP contribution in [0.4, 0.5) is 5.82 Å². The molecule has 0 spiro atoms. The van der Waals surface area contributed by atoms with E-state index in [9.17, 15) is 9.59 Å². The molecule has 5 heteroatoms. The molecule has 0 radical (unpaired) electrons. The molecule has 3 rings (SSSR count). The maximum atomic E-state index is 11.7. The molecule has 3 N–H and O–H groups in total. The van der Waals surface area contributed by atoms with Crippen LogP contribution in [0.2, 0.25) is 0 Å². The van der Waals surface area contributed by atoms with Gasteiger partial charge in [-0.3, -0.25) is 14.3 Å². The van der Waals surface area contributed by atoms with E-state index >= 15 is 0 Å². The highest BCUT2D eigenvalue weighted by Gasteiger charge is 2.39. The Morgan fingerprint density at radius 1 is 1.35 bits per heavy atom. The number of nitrogens with one attached hydrogen (secondary N) is 1. The van der Waals surface area contributed by atoms with Gasteiger partial charge in [0.1, 0.15) is 5.82 Å². The van der Waals surface area contributed by atoms with Crippen LogP contribution in [0.3, 0.4) is 0 Å². The summed E-state index contributed by atoms with van der Waals surface area (Å²) in [4.78, 5) is 25.0. The predicted octanol–water partition coefficient (Wildman–Crippen LogP) is 0.555. The first kappa shape index (κ1) is 10.6. The molecule has 3 unspecified atom stereocenters. The van der Waals surface area contributed by atoms with Crippen molar-refractivity contribution in [2.24, 2.45) is 17.8 Å². The lowest BCUT2D eigenvalue weighted by Gasteiger charge is -2.22. The molecule has 1 aromatic heterocycles. The zero-order valence-corrected chi connectivity index (χ0v) is 9.69. The summed E-state index contributed by atoms with van der Waals surface area (Å²) in [5.41, 5.74) is 4.94. The number of anilines is 1. The fraction of sp³-hybridized carbons (Fsp3) is 0.667. The second-order valence-electron chi connectivity index (χ2n) is 5.41. The minimum absolute atomic E-state index is 0.279. The largest absolute Gasteiger partial charge is 0.385 e. The van der Waals surface area contributed by atoms with Gasteiger partial charge in [-0.15, -0.1) is 0 Å². The monoisotopic (exact) mass is 235 g/mol. The molecule has 1 heterocycles. The lowest BCUT2D eigenvalue weighted by atomic mass is 9.89. The lowest BCUT2D eigenvalue weighted by Crippen LogP contribution is -2.34. The molecular formula is C12H17N3O2. The summed E-state index contributed by atoms with van der Waals surface area (Å²) < 4.78 is 1.51. The van der Waals surface area contributed by atoms with Crippen molar-refractivity contribution in [3.63, 3.8) is 0 Å². The zero-order chi connectivity index (χ0) is 12.0. The number of nitrogens with zero attached hydrogens (tertiary/aromatic N) is 1. The van der Waals surface area contributed by atoms with Crippen LogP contribution < -0.4 is 17.0 Å². The van der Waals surface area contributed by atoms with Crippen molar-refractivity contribution in [2.75, 3.05) is 5.73 Å². The summed E-state index contributed by atoms with van der Waals surface area (Å²) in [6, 6.07) is 1.29. The van der Waals surface area contributed by atoms with Gasteiger partial charge in [0.15, 0.2) is 0 Å². The molecule has 1 aromatic rings. The van der Waals surface area contributed by atoms with E-state index in [1.807, 2.05) is 0 Å². The van der Waals surface area contributed by atoms with Crippen molar-refractivity contribution in [2.45, 2.75) is 32.2 Å². The molecule has 5 nitrogen and oxygen atoms in total. The number of hydrogen-bond donors (Lipinski definition) is 2. The number of aromatic amines is 1. The third kappa shape index (κ3) is 1.79. The van der Waals surface area contributed by atoms with E-state index in [-0.39, 0.29) is 11.5 Å². The van der Waals surface area contributed by atoms with Crippen molar-refractivity contribution in [1.82, 2.24) is 9.55 Å². The Balaban J connectivity index is 1.86. The van der Waals surface area contributed by atoms with Gasteiger partial charge in [0.2, 0.25) is 0 Å². The van der Waals surface area contributed by atoms with Crippen molar-refractivity contribution in [3.05, 3.63) is 26.9 Å². The van der Waals surface area contributed by atoms with E-state index in [2.05, 4.69) is 4.98 Å². The highest BCUT2D eigenvalue weighted by atomic mass is 16.2. The van der Waals surface area contributed by atoms with Gasteiger partial charge in [-0.1, -0.05) is 6.42 Å². The molecule has 3 atom stereocenters. The van der Waals surface area contributed by atoms with Crippen LogP contribution in [0, 0.1) is 17.8 Å². The fourth-order valence-corrected chi connectivity index (χ4v) is 3.56. The Morgan fingerprint density at radius 2 is 2.18 bits per heavy atom. The molecule has 2 aliphatic rings. The normalized spacial score (nSPS) is 30.9. The molecular weight excluding hydrogens is 218 g/mol. The number of hydrogen-bond acceptors (Lipinski definition) is 3. The average Bonchev–Trinajstić information content (AvgIpc) is 2.84. The highest BCUT2D eigenvalue weighted by molar-refractivity contribution is 5.26. The van der Waals surface area contributed by atoms with Gasteiger partial charge in [0.25, 0.3) is 5.56 Å². The van der Waals surface area contributed by atoms with Crippen molar-refractivity contribution >= 4 is 5.82 Å². The topological polar surface area (TPSA) is 80.9 Å². The first-order valence-electron chi connectivity index (χ1n) is 6.23. The molecule has 2 aliphatic carbocycles. The summed E-state index contributed by atoms with van der Waals surface area (Å²) in [6.45, 7) is 0.655. The Morgan fingerprint density at radius 3 is 2.76 bits per heavy atom. The number of rotatable bonds is 2. The van der Waals surface area contributed by atoms with Gasteiger partial charge in [0.05, 0.1) is 0 Å². The second kappa shape index (κ2) is 3.75. The number of fused-ring (bicyclic) bond motifs is 2. The van der Waals surface area contributed by atoms with Crippen LogP contribution in [-0.2, 0) is 6.54 Å². The van der Waals surface area contributed by atoms with Gasteiger partial charge < -0.3 is 5.73 Å². The van der Waals surface area contributed by atoms with Gasteiger partial charge in [-0.05, 0) is 37.0 Å². The van der Waals surface area contributed by atoms with E-state index in [0.29, 0.717) is 12.5 Å². The van der Waals surface area contributed by atoms with E-state index in [1.54, 1.807) is 0 Å². The van der Waals surface area contributed by atoms with E-state index < -0.39 is 5.56 Å². The fourth-order valence-electron chi connectivity index (χ4n) is 3.56. The molecule has 92 valence electrons. The Bertz CT molecular complexity index is 545. The molecule has 2 fully saturated rings. The smallest absolute Gasteiger partial charge is 0.329 e. The van der Waals surface area contributed by atoms with Gasteiger partial charge in [0, 0.05) is 12.6 Å². The van der Waals surface area contributed by atoms with Crippen LogP contribution in [-0.4, -0.2) is 9.55 Å². The average molecular weight is 235 g/mol. The van der Waals surface area contributed by atoms with Crippen molar-refractivity contribution in [1.29, 1.82) is 0 Å². The maximum absolute atomic E-state index is 11.7. The van der Waals surface area contributed by atoms with Crippen LogP contribution in [0.15, 0.2) is 15.7 Å². The standard InChI is InChI=1S/C12H17N3O2/c13-10-5-11(16)14-12(17)15(10)6-9-4-7-1-2-8(9)3-7/h5,7-9H,1-4,6,13H2,(H,14,16,17). The minimum atomic E-state index is -0.420. The van der Waals surface area contributed by atoms with Gasteiger partial charge >= 0.3 is 5.69 Å². The van der Waals surface area contributed by atoms with Crippen LogP contribution in [0.5, 0.6) is 0 Å². The molecule has 17 heavy (non-hydrogen) atoms. The van der Waals surface area contributed by atoms with Gasteiger partial charge in [-0.2, -0.15) is 0 Å². The van der Waals surface area contributed by atoms with Gasteiger partial charge in [-0.25, -0.2) is 4.79 Å². The summed E-state index contributed by atoms with van der Waals surface area (Å²) in [7, 11) is 0. The third-order valence-electron chi connectivity index (χ3n) is 4.37. The Labute approximate surface area is 98.7 Å².